The zero-order chi connectivity index (χ0) is 23.7. The van der Waals surface area contributed by atoms with Crippen LogP contribution in [0.25, 0.3) is 22.4 Å². The number of rotatable bonds is 6. The number of hydrogen-bond acceptors (Lipinski definition) is 4. The topological polar surface area (TPSA) is 77.6 Å². The first kappa shape index (κ1) is 21.5. The molecule has 3 aromatic heterocycles. The van der Waals surface area contributed by atoms with Crippen LogP contribution >= 0.6 is 0 Å². The number of nitrogens with one attached hydrogen (secondary N) is 1. The third-order valence-electron chi connectivity index (χ3n) is 5.65. The molecular formula is C26H23FN6O. The van der Waals surface area contributed by atoms with Gasteiger partial charge in [0, 0.05) is 29.7 Å². The summed E-state index contributed by atoms with van der Waals surface area (Å²) in [6, 6.07) is 20.2. The lowest BCUT2D eigenvalue weighted by molar-refractivity contribution is 0.102. The summed E-state index contributed by atoms with van der Waals surface area (Å²) in [5, 5.41) is 11.6. The lowest BCUT2D eigenvalue weighted by Crippen LogP contribution is -2.15. The fourth-order valence-electron chi connectivity index (χ4n) is 3.92. The molecule has 0 unspecified atom stereocenters. The number of halogens is 1. The van der Waals surface area contributed by atoms with E-state index in [0.29, 0.717) is 23.9 Å². The van der Waals surface area contributed by atoms with Crippen LogP contribution in [0.1, 0.15) is 35.8 Å². The molecular weight excluding hydrogens is 431 g/mol. The molecule has 0 atom stereocenters. The quantitative estimate of drug-likeness (QED) is 0.377. The van der Waals surface area contributed by atoms with Crippen molar-refractivity contribution in [3.05, 3.63) is 96.2 Å². The Labute approximate surface area is 195 Å². The second-order valence-corrected chi connectivity index (χ2v) is 8.34. The standard InChI is InChI=1S/C26H23FN6O/c1-17(2)33-16-28-31-25(33)22-9-6-10-24(29-22)30-26(34)20-14-23-19(13-21(20)27)11-12-32(23)15-18-7-4-3-5-8-18/h3-14,16-17H,15H2,1-2H3,(H,29,30,34). The van der Waals surface area contributed by atoms with Crippen molar-refractivity contribution in [3.63, 3.8) is 0 Å². The molecule has 5 rings (SSSR count). The fraction of sp³-hybridized carbons (Fsp3) is 0.154. The number of anilines is 1. The van der Waals surface area contributed by atoms with Crippen molar-refractivity contribution in [2.24, 2.45) is 0 Å². The molecule has 8 heteroatoms. The Morgan fingerprint density at radius 2 is 1.88 bits per heavy atom. The van der Waals surface area contributed by atoms with E-state index in [2.05, 4.69) is 20.5 Å². The zero-order valence-electron chi connectivity index (χ0n) is 18.8. The van der Waals surface area contributed by atoms with E-state index in [0.717, 1.165) is 16.5 Å². The van der Waals surface area contributed by atoms with Crippen molar-refractivity contribution in [2.45, 2.75) is 26.4 Å². The van der Waals surface area contributed by atoms with Crippen LogP contribution in [0.5, 0.6) is 0 Å². The summed E-state index contributed by atoms with van der Waals surface area (Å²) in [7, 11) is 0. The van der Waals surface area contributed by atoms with Gasteiger partial charge in [-0.3, -0.25) is 4.79 Å². The largest absolute Gasteiger partial charge is 0.343 e. The maximum Gasteiger partial charge on any atom is 0.259 e. The van der Waals surface area contributed by atoms with Gasteiger partial charge in [-0.2, -0.15) is 0 Å². The molecule has 0 aliphatic rings. The van der Waals surface area contributed by atoms with Gasteiger partial charge in [0.05, 0.1) is 5.56 Å². The van der Waals surface area contributed by atoms with E-state index in [9.17, 15) is 9.18 Å². The van der Waals surface area contributed by atoms with E-state index in [1.54, 1.807) is 30.6 Å². The zero-order valence-corrected chi connectivity index (χ0v) is 18.8. The SMILES string of the molecule is CC(C)n1cnnc1-c1cccc(NC(=O)c2cc3c(ccn3Cc3ccccc3)cc2F)n1. The monoisotopic (exact) mass is 454 g/mol. The van der Waals surface area contributed by atoms with E-state index in [4.69, 9.17) is 0 Å². The molecule has 34 heavy (non-hydrogen) atoms. The van der Waals surface area contributed by atoms with Crippen LogP contribution in [-0.4, -0.2) is 30.2 Å². The van der Waals surface area contributed by atoms with Gasteiger partial charge in [0.25, 0.3) is 5.91 Å². The molecule has 0 aliphatic heterocycles. The van der Waals surface area contributed by atoms with Gasteiger partial charge < -0.3 is 14.5 Å². The Hall–Kier alpha value is -4.33. The summed E-state index contributed by atoms with van der Waals surface area (Å²) < 4.78 is 18.7. The maximum absolute atomic E-state index is 14.8. The normalized spacial score (nSPS) is 11.3. The Balaban J connectivity index is 1.43. The van der Waals surface area contributed by atoms with E-state index in [1.807, 2.05) is 65.6 Å². The van der Waals surface area contributed by atoms with E-state index >= 15 is 0 Å². The molecule has 2 aromatic carbocycles. The average Bonchev–Trinajstić information content (AvgIpc) is 3.47. The highest BCUT2D eigenvalue weighted by atomic mass is 19.1. The Morgan fingerprint density at radius 3 is 2.68 bits per heavy atom. The number of carbonyl (C=O) groups is 1. The molecule has 0 saturated carbocycles. The Morgan fingerprint density at radius 1 is 1.06 bits per heavy atom. The third-order valence-corrected chi connectivity index (χ3v) is 5.65. The number of fused-ring (bicyclic) bond motifs is 1. The van der Waals surface area contributed by atoms with Gasteiger partial charge in [-0.05, 0) is 49.7 Å². The summed E-state index contributed by atoms with van der Waals surface area (Å²) in [6.07, 6.45) is 3.54. The van der Waals surface area contributed by atoms with Crippen molar-refractivity contribution in [1.82, 2.24) is 24.3 Å². The fourth-order valence-corrected chi connectivity index (χ4v) is 3.92. The van der Waals surface area contributed by atoms with E-state index in [-0.39, 0.29) is 11.6 Å². The van der Waals surface area contributed by atoms with Crippen molar-refractivity contribution >= 4 is 22.6 Å². The third kappa shape index (κ3) is 4.17. The maximum atomic E-state index is 14.8. The van der Waals surface area contributed by atoms with Gasteiger partial charge in [-0.15, -0.1) is 10.2 Å². The molecule has 0 fully saturated rings. The number of benzene rings is 2. The molecule has 5 aromatic rings. The summed E-state index contributed by atoms with van der Waals surface area (Å²) in [4.78, 5) is 17.5. The molecule has 1 N–H and O–H groups in total. The number of aromatic nitrogens is 5. The van der Waals surface area contributed by atoms with Gasteiger partial charge in [-0.1, -0.05) is 36.4 Å². The first-order valence-corrected chi connectivity index (χ1v) is 11.0. The summed E-state index contributed by atoms with van der Waals surface area (Å²) in [5.41, 5.74) is 2.42. The van der Waals surface area contributed by atoms with Crippen LogP contribution in [0, 0.1) is 5.82 Å². The molecule has 0 bridgehead atoms. The number of amides is 1. The number of carbonyl (C=O) groups excluding carboxylic acids is 1. The van der Waals surface area contributed by atoms with Crippen molar-refractivity contribution in [1.29, 1.82) is 0 Å². The van der Waals surface area contributed by atoms with Crippen LogP contribution in [-0.2, 0) is 6.54 Å². The Kier molecular flexibility index (Phi) is 5.63. The van der Waals surface area contributed by atoms with Crippen LogP contribution in [0.4, 0.5) is 10.2 Å². The minimum atomic E-state index is -0.585. The van der Waals surface area contributed by atoms with E-state index < -0.39 is 11.7 Å². The lowest BCUT2D eigenvalue weighted by Gasteiger charge is -2.11. The van der Waals surface area contributed by atoms with Crippen molar-refractivity contribution < 1.29 is 9.18 Å². The predicted octanol–water partition coefficient (Wildman–Crippen LogP) is 5.32. The summed E-state index contributed by atoms with van der Waals surface area (Å²) >= 11 is 0. The molecule has 0 saturated heterocycles. The van der Waals surface area contributed by atoms with Crippen LogP contribution in [0.2, 0.25) is 0 Å². The van der Waals surface area contributed by atoms with E-state index in [1.165, 1.54) is 6.07 Å². The summed E-state index contributed by atoms with van der Waals surface area (Å²) in [5.74, 6) is -0.252. The van der Waals surface area contributed by atoms with Crippen LogP contribution in [0.15, 0.2) is 79.3 Å². The average molecular weight is 455 g/mol. The van der Waals surface area contributed by atoms with Gasteiger partial charge >= 0.3 is 0 Å². The number of pyridine rings is 1. The molecule has 0 spiro atoms. The molecule has 0 aliphatic carbocycles. The highest BCUT2D eigenvalue weighted by Gasteiger charge is 2.17. The number of nitrogens with zero attached hydrogens (tertiary/aromatic N) is 5. The second kappa shape index (κ2) is 8.90. The van der Waals surface area contributed by atoms with Crippen LogP contribution < -0.4 is 5.32 Å². The summed E-state index contributed by atoms with van der Waals surface area (Å²) in [6.45, 7) is 4.66. The first-order valence-electron chi connectivity index (χ1n) is 11.0. The first-order chi connectivity index (χ1) is 16.5. The molecule has 1 amide bonds. The Bertz CT molecular complexity index is 1470. The van der Waals surface area contributed by atoms with Crippen molar-refractivity contribution in [2.75, 3.05) is 5.32 Å². The van der Waals surface area contributed by atoms with Gasteiger partial charge in [0.15, 0.2) is 5.82 Å². The predicted molar refractivity (Wildman–Crippen MR) is 129 cm³/mol. The van der Waals surface area contributed by atoms with Gasteiger partial charge in [-0.25, -0.2) is 9.37 Å². The highest BCUT2D eigenvalue weighted by Crippen LogP contribution is 2.24. The van der Waals surface area contributed by atoms with Gasteiger partial charge in [0.1, 0.15) is 23.7 Å². The lowest BCUT2D eigenvalue weighted by atomic mass is 10.1. The molecule has 7 nitrogen and oxygen atoms in total. The van der Waals surface area contributed by atoms with Crippen LogP contribution in [0.3, 0.4) is 0 Å². The smallest absolute Gasteiger partial charge is 0.259 e. The molecule has 0 radical (unpaired) electrons. The van der Waals surface area contributed by atoms with Gasteiger partial charge in [0.2, 0.25) is 0 Å². The van der Waals surface area contributed by atoms with Crippen molar-refractivity contribution in [3.8, 4) is 11.5 Å². The molecule has 170 valence electrons. The minimum absolute atomic E-state index is 0.0435. The highest BCUT2D eigenvalue weighted by molar-refractivity contribution is 6.06. The second-order valence-electron chi connectivity index (χ2n) is 8.34. The molecule has 3 heterocycles. The minimum Gasteiger partial charge on any atom is -0.343 e. The number of hydrogen-bond donors (Lipinski definition) is 1.